The molecule has 8 nitrogen and oxygen atoms in total. The van der Waals surface area contributed by atoms with E-state index in [1.165, 1.54) is 4.52 Å². The normalized spacial score (nSPS) is 20.9. The van der Waals surface area contributed by atoms with Crippen molar-refractivity contribution in [2.24, 2.45) is 5.92 Å². The third-order valence-electron chi connectivity index (χ3n) is 5.79. The molecule has 2 aliphatic carbocycles. The molecule has 2 aromatic rings. The van der Waals surface area contributed by atoms with Gasteiger partial charge in [-0.3, -0.25) is 14.2 Å². The molecule has 1 saturated heterocycles. The number of nitrogens with zero attached hydrogens (tertiary/aromatic N) is 3. The van der Waals surface area contributed by atoms with Crippen LogP contribution in [0.3, 0.4) is 0 Å². The second kappa shape index (κ2) is 6.37. The number of carbonyl (C=O) groups excluding carboxylic acids is 1. The minimum Gasteiger partial charge on any atom is -0.494 e. The molecule has 2 N–H and O–H groups in total. The Kier molecular flexibility index (Phi) is 3.96. The highest BCUT2D eigenvalue weighted by atomic mass is 16.5. The van der Waals surface area contributed by atoms with Crippen molar-refractivity contribution in [3.05, 3.63) is 27.7 Å². The highest BCUT2D eigenvalue weighted by Crippen LogP contribution is 2.39. The maximum Gasteiger partial charge on any atom is 0.291 e. The van der Waals surface area contributed by atoms with Crippen molar-refractivity contribution in [1.82, 2.24) is 19.5 Å². The van der Waals surface area contributed by atoms with Crippen LogP contribution in [0.25, 0.3) is 5.65 Å². The summed E-state index contributed by atoms with van der Waals surface area (Å²) in [5, 5.41) is 18.2. The largest absolute Gasteiger partial charge is 0.494 e. The van der Waals surface area contributed by atoms with E-state index in [4.69, 9.17) is 4.74 Å². The van der Waals surface area contributed by atoms with Gasteiger partial charge in [0.1, 0.15) is 5.65 Å². The molecule has 3 heterocycles. The maximum absolute atomic E-state index is 12.9. The fourth-order valence-electron chi connectivity index (χ4n) is 3.81. The molecule has 2 aromatic heterocycles. The van der Waals surface area contributed by atoms with Gasteiger partial charge >= 0.3 is 0 Å². The number of aromatic nitrogens is 3. The summed E-state index contributed by atoms with van der Waals surface area (Å²) in [6.45, 7) is 1.94. The van der Waals surface area contributed by atoms with Crippen LogP contribution in [0.1, 0.15) is 60.5 Å². The summed E-state index contributed by atoms with van der Waals surface area (Å²) >= 11 is 0. The molecule has 144 valence electrons. The first-order valence-electron chi connectivity index (χ1n) is 9.86. The summed E-state index contributed by atoms with van der Waals surface area (Å²) in [7, 11) is 0. The Hall–Kier alpha value is -2.35. The molecule has 1 aliphatic heterocycles. The first kappa shape index (κ1) is 16.8. The Labute approximate surface area is 156 Å². The molecule has 1 amide bonds. The zero-order valence-electron chi connectivity index (χ0n) is 15.2. The number of carbonyl (C=O) groups is 1. The number of ether oxygens (including phenoxy) is 1. The van der Waals surface area contributed by atoms with Gasteiger partial charge < -0.3 is 15.2 Å². The molecule has 8 heteroatoms. The van der Waals surface area contributed by atoms with Gasteiger partial charge in [0.05, 0.1) is 5.69 Å². The lowest BCUT2D eigenvalue weighted by Crippen LogP contribution is -2.35. The van der Waals surface area contributed by atoms with Gasteiger partial charge in [-0.1, -0.05) is 0 Å². The second-order valence-corrected chi connectivity index (χ2v) is 8.03. The van der Waals surface area contributed by atoms with E-state index >= 15 is 0 Å². The highest BCUT2D eigenvalue weighted by molar-refractivity contribution is 5.96. The number of aromatic hydroxyl groups is 1. The lowest BCUT2D eigenvalue weighted by Gasteiger charge is -2.24. The summed E-state index contributed by atoms with van der Waals surface area (Å²) in [6, 6.07) is 2.00. The molecule has 0 bridgehead atoms. The lowest BCUT2D eigenvalue weighted by atomic mass is 10.0. The topological polar surface area (TPSA) is 97.9 Å². The summed E-state index contributed by atoms with van der Waals surface area (Å²) in [6.07, 6.45) is 5.76. The predicted molar refractivity (Wildman–Crippen MR) is 97.1 cm³/mol. The zero-order valence-corrected chi connectivity index (χ0v) is 15.2. The fourth-order valence-corrected chi connectivity index (χ4v) is 3.81. The van der Waals surface area contributed by atoms with Crippen LogP contribution in [0.4, 0.5) is 0 Å². The first-order valence-corrected chi connectivity index (χ1v) is 9.86. The Morgan fingerprint density at radius 3 is 2.63 bits per heavy atom. The number of amides is 1. The molecule has 2 saturated carbocycles. The minimum absolute atomic E-state index is 0.107. The van der Waals surface area contributed by atoms with Crippen molar-refractivity contribution in [2.45, 2.75) is 57.0 Å². The SMILES string of the molecule is O=C(NC1CC1)c1c(O)n(CC2CCOCC2)c2cc(C3CC3)nn2c1=O. The molecule has 5 rings (SSSR count). The smallest absolute Gasteiger partial charge is 0.291 e. The Balaban J connectivity index is 1.62. The van der Waals surface area contributed by atoms with E-state index in [-0.39, 0.29) is 17.5 Å². The maximum atomic E-state index is 12.9. The van der Waals surface area contributed by atoms with Crippen LogP contribution in [0.15, 0.2) is 10.9 Å². The Morgan fingerprint density at radius 2 is 1.96 bits per heavy atom. The van der Waals surface area contributed by atoms with Gasteiger partial charge in [-0.2, -0.15) is 9.61 Å². The molecule has 3 fully saturated rings. The molecule has 0 spiro atoms. The Bertz CT molecular complexity index is 949. The summed E-state index contributed by atoms with van der Waals surface area (Å²) in [5.74, 6) is -0.0493. The second-order valence-electron chi connectivity index (χ2n) is 8.03. The van der Waals surface area contributed by atoms with Crippen LogP contribution >= 0.6 is 0 Å². The third kappa shape index (κ3) is 3.12. The van der Waals surface area contributed by atoms with E-state index in [9.17, 15) is 14.7 Å². The van der Waals surface area contributed by atoms with Gasteiger partial charge in [0.15, 0.2) is 5.56 Å². The van der Waals surface area contributed by atoms with Crippen molar-refractivity contribution in [2.75, 3.05) is 13.2 Å². The number of rotatable bonds is 5. The summed E-state index contributed by atoms with van der Waals surface area (Å²) in [4.78, 5) is 25.6. The number of hydrogen-bond acceptors (Lipinski definition) is 5. The third-order valence-corrected chi connectivity index (χ3v) is 5.79. The number of fused-ring (bicyclic) bond motifs is 1. The van der Waals surface area contributed by atoms with Crippen molar-refractivity contribution in [3.63, 3.8) is 0 Å². The lowest BCUT2D eigenvalue weighted by molar-refractivity contribution is 0.0607. The average molecular weight is 372 g/mol. The van der Waals surface area contributed by atoms with Crippen LogP contribution in [0.2, 0.25) is 0 Å². The molecule has 27 heavy (non-hydrogen) atoms. The van der Waals surface area contributed by atoms with Gasteiger partial charge in [0, 0.05) is 37.8 Å². The van der Waals surface area contributed by atoms with Gasteiger partial charge in [0.25, 0.3) is 11.5 Å². The van der Waals surface area contributed by atoms with E-state index in [0.717, 1.165) is 44.2 Å². The van der Waals surface area contributed by atoms with Crippen molar-refractivity contribution in [1.29, 1.82) is 0 Å². The average Bonchev–Trinajstić information content (AvgIpc) is 3.59. The minimum atomic E-state index is -0.546. The quantitative estimate of drug-likeness (QED) is 0.827. The first-order chi connectivity index (χ1) is 13.1. The predicted octanol–water partition coefficient (Wildman–Crippen LogP) is 1.40. The van der Waals surface area contributed by atoms with Gasteiger partial charge in [0.2, 0.25) is 5.88 Å². The van der Waals surface area contributed by atoms with Gasteiger partial charge in [-0.25, -0.2) is 0 Å². The molecule has 0 radical (unpaired) electrons. The molecule has 0 unspecified atom stereocenters. The van der Waals surface area contributed by atoms with Gasteiger partial charge in [-0.05, 0) is 44.4 Å². The molecule has 3 aliphatic rings. The van der Waals surface area contributed by atoms with E-state index in [0.29, 0.717) is 37.2 Å². The molecular formula is C19H24N4O4. The fraction of sp³-hybridized carbons (Fsp3) is 0.632. The number of hydrogen-bond donors (Lipinski definition) is 2. The van der Waals surface area contributed by atoms with Crippen molar-refractivity contribution < 1.29 is 14.6 Å². The van der Waals surface area contributed by atoms with Crippen LogP contribution in [-0.2, 0) is 11.3 Å². The highest BCUT2D eigenvalue weighted by Gasteiger charge is 2.32. The van der Waals surface area contributed by atoms with E-state index in [1.807, 2.05) is 6.07 Å². The van der Waals surface area contributed by atoms with E-state index < -0.39 is 11.5 Å². The van der Waals surface area contributed by atoms with Crippen LogP contribution < -0.4 is 10.9 Å². The van der Waals surface area contributed by atoms with E-state index in [2.05, 4.69) is 10.4 Å². The van der Waals surface area contributed by atoms with Crippen LogP contribution in [0, 0.1) is 5.92 Å². The zero-order chi connectivity index (χ0) is 18.5. The molecule has 0 aromatic carbocycles. The van der Waals surface area contributed by atoms with Crippen molar-refractivity contribution >= 4 is 11.6 Å². The standard InChI is InChI=1S/C19H24N4O4/c24-17(20-13-3-4-13)16-18(25)22(10-11-5-7-27-8-6-11)15-9-14(12-1-2-12)21-23(15)19(16)26/h9,11-13,25H,1-8,10H2,(H,20,24). The summed E-state index contributed by atoms with van der Waals surface area (Å²) < 4.78 is 8.42. The van der Waals surface area contributed by atoms with Crippen molar-refractivity contribution in [3.8, 4) is 5.88 Å². The van der Waals surface area contributed by atoms with Gasteiger partial charge in [-0.15, -0.1) is 0 Å². The molecule has 0 atom stereocenters. The van der Waals surface area contributed by atoms with Crippen LogP contribution in [-0.4, -0.2) is 44.5 Å². The Morgan fingerprint density at radius 1 is 1.22 bits per heavy atom. The van der Waals surface area contributed by atoms with Crippen LogP contribution in [0.5, 0.6) is 5.88 Å². The summed E-state index contributed by atoms with van der Waals surface area (Å²) in [5.41, 5.74) is 0.684. The monoisotopic (exact) mass is 372 g/mol. The number of nitrogens with one attached hydrogen (secondary N) is 1. The molecular weight excluding hydrogens is 348 g/mol. The van der Waals surface area contributed by atoms with E-state index in [1.54, 1.807) is 4.57 Å².